The summed E-state index contributed by atoms with van der Waals surface area (Å²) in [5, 5.41) is 17.4. The molecule has 208 valence electrons. The fourth-order valence-corrected chi connectivity index (χ4v) is 4.23. The van der Waals surface area contributed by atoms with E-state index in [9.17, 15) is 4.79 Å². The highest BCUT2D eigenvalue weighted by molar-refractivity contribution is 5.48. The Kier molecular flexibility index (Phi) is 27.2. The molecule has 2 heterocycles. The maximum atomic E-state index is 9.77. The van der Waals surface area contributed by atoms with E-state index in [-0.39, 0.29) is 0 Å². The van der Waals surface area contributed by atoms with Crippen molar-refractivity contribution in [2.24, 2.45) is 5.92 Å². The Hall–Kier alpha value is -0.750. The number of carbonyl (C=O) groups is 1. The number of aliphatic hydroxyl groups is 2. The van der Waals surface area contributed by atoms with Crippen molar-refractivity contribution < 1.29 is 24.5 Å². The Morgan fingerprint density at radius 2 is 1.14 bits per heavy atom. The molecule has 2 saturated heterocycles. The molecule has 2 aliphatic heterocycles. The van der Waals surface area contributed by atoms with Crippen molar-refractivity contribution in [3.8, 4) is 0 Å². The topological polar surface area (TPSA) is 76.0 Å². The van der Waals surface area contributed by atoms with E-state index in [1.807, 2.05) is 0 Å². The third kappa shape index (κ3) is 26.1. The quantitative estimate of drug-likeness (QED) is 0.172. The van der Waals surface area contributed by atoms with Gasteiger partial charge in [0.1, 0.15) is 6.29 Å². The summed E-state index contributed by atoms with van der Waals surface area (Å²) in [6, 6.07) is 0. The Morgan fingerprint density at radius 3 is 1.51 bits per heavy atom. The fourth-order valence-electron chi connectivity index (χ4n) is 4.23. The smallest absolute Gasteiger partial charge is 0.154 e. The molecule has 3 rings (SSSR count). The molecule has 5 heteroatoms. The second-order valence-electron chi connectivity index (χ2n) is 9.98. The molecule has 2 unspecified atom stereocenters. The van der Waals surface area contributed by atoms with Gasteiger partial charge in [0.2, 0.25) is 0 Å². The largest absolute Gasteiger partial charge is 0.368 e. The van der Waals surface area contributed by atoms with Crippen molar-refractivity contribution in [1.29, 1.82) is 0 Å². The van der Waals surface area contributed by atoms with Crippen molar-refractivity contribution in [2.45, 2.75) is 155 Å². The van der Waals surface area contributed by atoms with Crippen molar-refractivity contribution in [3.05, 3.63) is 12.2 Å². The van der Waals surface area contributed by atoms with Crippen LogP contribution in [0, 0.1) is 5.92 Å². The van der Waals surface area contributed by atoms with E-state index in [2.05, 4.69) is 26.0 Å². The number of unbranched alkanes of at least 4 members (excludes halogenated alkanes) is 8. The molecule has 0 radical (unpaired) electrons. The van der Waals surface area contributed by atoms with E-state index >= 15 is 0 Å². The Labute approximate surface area is 217 Å². The third-order valence-corrected chi connectivity index (χ3v) is 6.52. The first-order valence-corrected chi connectivity index (χ1v) is 14.8. The Morgan fingerprint density at radius 1 is 0.657 bits per heavy atom. The van der Waals surface area contributed by atoms with Crippen molar-refractivity contribution in [3.63, 3.8) is 0 Å². The average molecular weight is 499 g/mol. The molecular formula is C30H58O5. The van der Waals surface area contributed by atoms with Gasteiger partial charge in [-0.3, -0.25) is 0 Å². The summed E-state index contributed by atoms with van der Waals surface area (Å²) >= 11 is 0. The van der Waals surface area contributed by atoms with Gasteiger partial charge in [-0.1, -0.05) is 77.4 Å². The molecule has 2 N–H and O–H groups in total. The van der Waals surface area contributed by atoms with Gasteiger partial charge in [-0.05, 0) is 76.5 Å². The van der Waals surface area contributed by atoms with E-state index in [0.29, 0.717) is 0 Å². The number of hydrogen-bond donors (Lipinski definition) is 2. The first kappa shape index (κ1) is 34.2. The van der Waals surface area contributed by atoms with Crippen LogP contribution in [-0.4, -0.2) is 42.3 Å². The molecule has 3 aliphatic rings. The summed E-state index contributed by atoms with van der Waals surface area (Å²) in [5.41, 5.74) is 0. The van der Waals surface area contributed by atoms with Gasteiger partial charge in [0.25, 0.3) is 0 Å². The number of carbonyl (C=O) groups excluding carboxylic acids is 1. The van der Waals surface area contributed by atoms with Crippen LogP contribution in [0.1, 0.15) is 142 Å². The Bertz CT molecular complexity index is 420. The number of hydrogen-bond acceptors (Lipinski definition) is 5. The van der Waals surface area contributed by atoms with E-state index in [1.165, 1.54) is 77.0 Å². The van der Waals surface area contributed by atoms with Crippen molar-refractivity contribution in [2.75, 3.05) is 13.2 Å². The number of rotatable bonds is 11. The number of aliphatic hydroxyl groups excluding tert-OH is 2. The van der Waals surface area contributed by atoms with Gasteiger partial charge in [-0.25, -0.2) is 0 Å². The molecule has 0 bridgehead atoms. The molecule has 3 fully saturated rings. The summed E-state index contributed by atoms with van der Waals surface area (Å²) in [5.74, 6) is 0.936. The van der Waals surface area contributed by atoms with E-state index < -0.39 is 12.6 Å². The highest BCUT2D eigenvalue weighted by atomic mass is 16.6. The fraction of sp³-hybridized carbons (Fsp3) is 0.900. The SMILES string of the molecule is CCCCCC/C=C/C1CCCC1.CCCCCCC=O.OC1CCCCO1.OC1CCCCO1. The normalized spacial score (nSPS) is 22.3. The van der Waals surface area contributed by atoms with Gasteiger partial charge in [-0.15, -0.1) is 0 Å². The Balaban J connectivity index is 0.000000459. The maximum Gasteiger partial charge on any atom is 0.154 e. The molecule has 0 amide bonds. The predicted octanol–water partition coefficient (Wildman–Crippen LogP) is 7.87. The zero-order valence-electron chi connectivity index (χ0n) is 23.1. The van der Waals surface area contributed by atoms with Crippen LogP contribution in [0.2, 0.25) is 0 Å². The molecule has 1 saturated carbocycles. The van der Waals surface area contributed by atoms with Gasteiger partial charge in [0.15, 0.2) is 12.6 Å². The molecule has 1 aliphatic carbocycles. The highest BCUT2D eigenvalue weighted by Gasteiger charge is 2.10. The third-order valence-electron chi connectivity index (χ3n) is 6.52. The second kappa shape index (κ2) is 27.8. The number of aldehydes is 1. The first-order valence-electron chi connectivity index (χ1n) is 14.8. The summed E-state index contributed by atoms with van der Waals surface area (Å²) < 4.78 is 9.67. The van der Waals surface area contributed by atoms with Gasteiger partial charge >= 0.3 is 0 Å². The second-order valence-corrected chi connectivity index (χ2v) is 9.98. The molecule has 0 aromatic carbocycles. The van der Waals surface area contributed by atoms with Crippen LogP contribution in [0.25, 0.3) is 0 Å². The van der Waals surface area contributed by atoms with Crippen LogP contribution < -0.4 is 0 Å². The van der Waals surface area contributed by atoms with Gasteiger partial charge < -0.3 is 24.5 Å². The molecule has 35 heavy (non-hydrogen) atoms. The van der Waals surface area contributed by atoms with E-state index in [0.717, 1.165) is 76.8 Å². The van der Waals surface area contributed by atoms with Gasteiger partial charge in [0, 0.05) is 19.6 Å². The summed E-state index contributed by atoms with van der Waals surface area (Å²) in [7, 11) is 0. The van der Waals surface area contributed by atoms with Gasteiger partial charge in [0.05, 0.1) is 0 Å². The summed E-state index contributed by atoms with van der Waals surface area (Å²) in [6.45, 7) is 5.91. The zero-order chi connectivity index (χ0) is 25.8. The monoisotopic (exact) mass is 498 g/mol. The van der Waals surface area contributed by atoms with Crippen LogP contribution in [0.15, 0.2) is 12.2 Å². The highest BCUT2D eigenvalue weighted by Crippen LogP contribution is 2.25. The lowest BCUT2D eigenvalue weighted by atomic mass is 10.1. The average Bonchev–Trinajstić information content (AvgIpc) is 3.40. The summed E-state index contributed by atoms with van der Waals surface area (Å²) in [4.78, 5) is 9.77. The van der Waals surface area contributed by atoms with Crippen molar-refractivity contribution >= 4 is 6.29 Å². The molecule has 0 aromatic rings. The minimum absolute atomic E-state index is 0.464. The van der Waals surface area contributed by atoms with E-state index in [4.69, 9.17) is 19.7 Å². The molecule has 0 aromatic heterocycles. The molecule has 5 nitrogen and oxygen atoms in total. The first-order chi connectivity index (χ1) is 17.1. The van der Waals surface area contributed by atoms with Crippen LogP contribution in [0.5, 0.6) is 0 Å². The number of ether oxygens (including phenoxy) is 2. The molecule has 2 atom stereocenters. The predicted molar refractivity (Wildman–Crippen MR) is 146 cm³/mol. The number of allylic oxidation sites excluding steroid dienone is 2. The maximum absolute atomic E-state index is 9.77. The lowest BCUT2D eigenvalue weighted by Gasteiger charge is -2.16. The minimum Gasteiger partial charge on any atom is -0.368 e. The zero-order valence-corrected chi connectivity index (χ0v) is 23.1. The standard InChI is InChI=1S/C13H24.C7H14O.2C5H10O2/c1-2-3-4-5-6-7-10-13-11-8-9-12-13;1-2-3-4-5-6-7-8;2*6-5-3-1-2-4-7-5/h7,10,13H,2-6,8-9,11-12H2,1H3;7H,2-6H2,1H3;2*5-6H,1-4H2/b10-7+;;;. The minimum atomic E-state index is -0.464. The van der Waals surface area contributed by atoms with Crippen LogP contribution in [-0.2, 0) is 14.3 Å². The molecule has 0 spiro atoms. The van der Waals surface area contributed by atoms with Crippen LogP contribution in [0.3, 0.4) is 0 Å². The van der Waals surface area contributed by atoms with E-state index in [1.54, 1.807) is 0 Å². The lowest BCUT2D eigenvalue weighted by molar-refractivity contribution is -0.123. The van der Waals surface area contributed by atoms with Crippen LogP contribution in [0.4, 0.5) is 0 Å². The van der Waals surface area contributed by atoms with Crippen LogP contribution >= 0.6 is 0 Å². The van der Waals surface area contributed by atoms with Gasteiger partial charge in [-0.2, -0.15) is 0 Å². The van der Waals surface area contributed by atoms with Crippen molar-refractivity contribution in [1.82, 2.24) is 0 Å². The summed E-state index contributed by atoms with van der Waals surface area (Å²) in [6.07, 6.45) is 29.3. The lowest BCUT2D eigenvalue weighted by Crippen LogP contribution is -2.17. The molecular weight excluding hydrogens is 440 g/mol.